The van der Waals surface area contributed by atoms with Crippen LogP contribution in [0, 0.1) is 0 Å². The van der Waals surface area contributed by atoms with Gasteiger partial charge in [0.05, 0.1) is 0 Å². The van der Waals surface area contributed by atoms with Gasteiger partial charge < -0.3 is 15.3 Å². The van der Waals surface area contributed by atoms with Crippen molar-refractivity contribution in [3.05, 3.63) is 23.8 Å². The molecular weight excluding hydrogens is 244 g/mol. The number of aromatic hydroxyl groups is 1. The molecule has 4 heteroatoms. The number of thioether (sulfide) groups is 1. The Bertz CT molecular complexity index is 411. The lowest BCUT2D eigenvalue weighted by Crippen LogP contribution is -2.36. The normalized spacial score (nSPS) is 21.9. The standard InChI is InChI=1S/C14H22N2OS/c1-10-9-16(6-7-18-10)12-4-5-13(11(2)15-3)14(17)8-12/h4-5,8,10-11,15,17H,6-7,9H2,1-3H3. The molecule has 0 amide bonds. The fourth-order valence-corrected chi connectivity index (χ4v) is 3.32. The molecule has 18 heavy (non-hydrogen) atoms. The molecule has 2 N–H and O–H groups in total. The van der Waals surface area contributed by atoms with E-state index in [-0.39, 0.29) is 6.04 Å². The third-order valence-corrected chi connectivity index (χ3v) is 4.66. The molecule has 1 aliphatic rings. The van der Waals surface area contributed by atoms with Crippen LogP contribution in [0.25, 0.3) is 0 Å². The largest absolute Gasteiger partial charge is 0.508 e. The van der Waals surface area contributed by atoms with E-state index in [0.717, 1.165) is 30.1 Å². The zero-order chi connectivity index (χ0) is 13.1. The molecule has 1 heterocycles. The number of nitrogens with one attached hydrogen (secondary N) is 1. The summed E-state index contributed by atoms with van der Waals surface area (Å²) in [7, 11) is 1.90. The minimum absolute atomic E-state index is 0.176. The summed E-state index contributed by atoms with van der Waals surface area (Å²) in [6.45, 7) is 6.43. The van der Waals surface area contributed by atoms with Gasteiger partial charge >= 0.3 is 0 Å². The van der Waals surface area contributed by atoms with Gasteiger partial charge in [0.1, 0.15) is 5.75 Å². The number of benzene rings is 1. The molecule has 0 saturated carbocycles. The molecule has 100 valence electrons. The van der Waals surface area contributed by atoms with Crippen molar-refractivity contribution in [2.45, 2.75) is 25.1 Å². The SMILES string of the molecule is CNC(C)c1ccc(N2CCSC(C)C2)cc1O. The van der Waals surface area contributed by atoms with Crippen molar-refractivity contribution in [3.63, 3.8) is 0 Å². The molecule has 0 radical (unpaired) electrons. The van der Waals surface area contributed by atoms with Gasteiger partial charge in [0.2, 0.25) is 0 Å². The number of hydrogen-bond donors (Lipinski definition) is 2. The first kappa shape index (κ1) is 13.6. The van der Waals surface area contributed by atoms with Crippen molar-refractivity contribution in [1.82, 2.24) is 5.32 Å². The maximum Gasteiger partial charge on any atom is 0.122 e. The smallest absolute Gasteiger partial charge is 0.122 e. The molecule has 1 saturated heterocycles. The van der Waals surface area contributed by atoms with Crippen LogP contribution in [0.15, 0.2) is 18.2 Å². The average molecular weight is 266 g/mol. The Labute approximate surface area is 114 Å². The summed E-state index contributed by atoms with van der Waals surface area (Å²) in [5.74, 6) is 1.55. The lowest BCUT2D eigenvalue weighted by atomic mass is 10.1. The fourth-order valence-electron chi connectivity index (χ4n) is 2.30. The third-order valence-electron chi connectivity index (χ3n) is 3.52. The van der Waals surface area contributed by atoms with Crippen LogP contribution < -0.4 is 10.2 Å². The molecular formula is C14H22N2OS. The van der Waals surface area contributed by atoms with Crippen molar-refractivity contribution >= 4 is 17.4 Å². The van der Waals surface area contributed by atoms with Crippen molar-refractivity contribution < 1.29 is 5.11 Å². The van der Waals surface area contributed by atoms with E-state index in [4.69, 9.17) is 0 Å². The van der Waals surface area contributed by atoms with E-state index in [0.29, 0.717) is 11.0 Å². The summed E-state index contributed by atoms with van der Waals surface area (Å²) in [6.07, 6.45) is 0. The Morgan fingerprint density at radius 1 is 1.50 bits per heavy atom. The number of rotatable bonds is 3. The van der Waals surface area contributed by atoms with Gasteiger partial charge in [0, 0.05) is 47.5 Å². The molecule has 1 aliphatic heterocycles. The minimum Gasteiger partial charge on any atom is -0.508 e. The van der Waals surface area contributed by atoms with Crippen LogP contribution in [0.2, 0.25) is 0 Å². The fraction of sp³-hybridized carbons (Fsp3) is 0.571. The zero-order valence-corrected chi connectivity index (χ0v) is 12.1. The number of phenolic OH excluding ortho intramolecular Hbond substituents is 1. The first-order chi connectivity index (χ1) is 8.61. The van der Waals surface area contributed by atoms with Gasteiger partial charge in [0.15, 0.2) is 0 Å². The van der Waals surface area contributed by atoms with Crippen LogP contribution >= 0.6 is 11.8 Å². The van der Waals surface area contributed by atoms with E-state index < -0.39 is 0 Å². The monoisotopic (exact) mass is 266 g/mol. The molecule has 3 nitrogen and oxygen atoms in total. The Morgan fingerprint density at radius 3 is 2.89 bits per heavy atom. The predicted octanol–water partition coefficient (Wildman–Crippen LogP) is 2.61. The molecule has 0 aliphatic carbocycles. The van der Waals surface area contributed by atoms with Crippen LogP contribution in [0.4, 0.5) is 5.69 Å². The van der Waals surface area contributed by atoms with Crippen molar-refractivity contribution in [2.75, 3.05) is 30.8 Å². The van der Waals surface area contributed by atoms with Crippen molar-refractivity contribution in [1.29, 1.82) is 0 Å². The molecule has 0 spiro atoms. The molecule has 0 aromatic heterocycles. The zero-order valence-electron chi connectivity index (χ0n) is 11.3. The van der Waals surface area contributed by atoms with Crippen molar-refractivity contribution in [2.24, 2.45) is 0 Å². The third kappa shape index (κ3) is 2.93. The minimum atomic E-state index is 0.176. The van der Waals surface area contributed by atoms with Crippen LogP contribution in [0.3, 0.4) is 0 Å². The number of nitrogens with zero attached hydrogens (tertiary/aromatic N) is 1. The lowest BCUT2D eigenvalue weighted by Gasteiger charge is -2.32. The second-order valence-corrected chi connectivity index (χ2v) is 6.43. The Kier molecular flexibility index (Phi) is 4.40. The van der Waals surface area contributed by atoms with E-state index in [1.807, 2.05) is 37.9 Å². The average Bonchev–Trinajstić information content (AvgIpc) is 2.37. The number of hydrogen-bond acceptors (Lipinski definition) is 4. The second kappa shape index (κ2) is 5.85. The van der Waals surface area contributed by atoms with Gasteiger partial charge in [-0.3, -0.25) is 0 Å². The summed E-state index contributed by atoms with van der Waals surface area (Å²) in [5, 5.41) is 13.9. The summed E-state index contributed by atoms with van der Waals surface area (Å²) < 4.78 is 0. The maximum absolute atomic E-state index is 10.1. The van der Waals surface area contributed by atoms with Crippen molar-refractivity contribution in [3.8, 4) is 5.75 Å². The highest BCUT2D eigenvalue weighted by Gasteiger charge is 2.18. The van der Waals surface area contributed by atoms with Crippen LogP contribution in [-0.4, -0.2) is 36.2 Å². The summed E-state index contributed by atoms with van der Waals surface area (Å²) in [4.78, 5) is 2.36. The van der Waals surface area contributed by atoms with E-state index in [1.54, 1.807) is 0 Å². The van der Waals surface area contributed by atoms with E-state index in [1.165, 1.54) is 0 Å². The quantitative estimate of drug-likeness (QED) is 0.881. The highest BCUT2D eigenvalue weighted by Crippen LogP contribution is 2.31. The molecule has 1 aromatic carbocycles. The van der Waals surface area contributed by atoms with Crippen LogP contribution in [-0.2, 0) is 0 Å². The Balaban J connectivity index is 2.17. The van der Waals surface area contributed by atoms with Gasteiger partial charge in [-0.1, -0.05) is 13.0 Å². The molecule has 2 rings (SSSR count). The first-order valence-corrected chi connectivity index (χ1v) is 7.53. The maximum atomic E-state index is 10.1. The first-order valence-electron chi connectivity index (χ1n) is 6.48. The topological polar surface area (TPSA) is 35.5 Å². The van der Waals surface area contributed by atoms with Gasteiger partial charge in [-0.05, 0) is 20.0 Å². The molecule has 2 unspecified atom stereocenters. The van der Waals surface area contributed by atoms with Gasteiger partial charge in [-0.15, -0.1) is 0 Å². The highest BCUT2D eigenvalue weighted by molar-refractivity contribution is 8.00. The number of phenols is 1. The van der Waals surface area contributed by atoms with E-state index in [9.17, 15) is 5.11 Å². The predicted molar refractivity (Wildman–Crippen MR) is 79.7 cm³/mol. The molecule has 1 fully saturated rings. The molecule has 2 atom stereocenters. The Hall–Kier alpha value is -0.870. The van der Waals surface area contributed by atoms with Gasteiger partial charge in [-0.2, -0.15) is 11.8 Å². The van der Waals surface area contributed by atoms with Gasteiger partial charge in [-0.25, -0.2) is 0 Å². The lowest BCUT2D eigenvalue weighted by molar-refractivity contribution is 0.458. The van der Waals surface area contributed by atoms with E-state index >= 15 is 0 Å². The van der Waals surface area contributed by atoms with E-state index in [2.05, 4.69) is 23.2 Å². The van der Waals surface area contributed by atoms with Gasteiger partial charge in [0.25, 0.3) is 0 Å². The second-order valence-electron chi connectivity index (χ2n) is 4.88. The highest BCUT2D eigenvalue weighted by atomic mass is 32.2. The Morgan fingerprint density at radius 2 is 2.28 bits per heavy atom. The molecule has 0 bridgehead atoms. The summed E-state index contributed by atoms with van der Waals surface area (Å²) in [5.41, 5.74) is 2.09. The number of anilines is 1. The van der Waals surface area contributed by atoms with Crippen LogP contribution in [0.1, 0.15) is 25.5 Å². The molecule has 1 aromatic rings. The van der Waals surface area contributed by atoms with Crippen LogP contribution in [0.5, 0.6) is 5.75 Å². The summed E-state index contributed by atoms with van der Waals surface area (Å²) in [6, 6.07) is 6.21. The summed E-state index contributed by atoms with van der Waals surface area (Å²) >= 11 is 2.02.